The summed E-state index contributed by atoms with van der Waals surface area (Å²) in [5.74, 6) is 1.72. The van der Waals surface area contributed by atoms with E-state index in [9.17, 15) is 0 Å². The molecular formula is C17H18N2O2. The van der Waals surface area contributed by atoms with Crippen molar-refractivity contribution >= 4 is 5.69 Å². The first kappa shape index (κ1) is 12.5. The van der Waals surface area contributed by atoms with Crippen LogP contribution in [0.2, 0.25) is 0 Å². The van der Waals surface area contributed by atoms with Gasteiger partial charge < -0.3 is 20.5 Å². The minimum Gasteiger partial charge on any atom is -0.454 e. The number of nitrogens with one attached hydrogen (secondary N) is 1. The third kappa shape index (κ3) is 2.21. The van der Waals surface area contributed by atoms with Gasteiger partial charge in [0, 0.05) is 11.7 Å². The minimum atomic E-state index is 0.271. The molecule has 2 aliphatic heterocycles. The number of anilines is 1. The van der Waals surface area contributed by atoms with Gasteiger partial charge >= 0.3 is 0 Å². The van der Waals surface area contributed by atoms with Gasteiger partial charge in [0.05, 0.1) is 0 Å². The summed E-state index contributed by atoms with van der Waals surface area (Å²) in [7, 11) is 0. The zero-order valence-corrected chi connectivity index (χ0v) is 11.8. The average Bonchev–Trinajstić information content (AvgIpc) is 2.95. The second kappa shape index (κ2) is 4.97. The Balaban J connectivity index is 1.69. The van der Waals surface area contributed by atoms with Gasteiger partial charge in [0.15, 0.2) is 11.5 Å². The SMILES string of the molecule is Nc1ccccc1CC1NCCc2cc3c(cc21)OCO3. The summed E-state index contributed by atoms with van der Waals surface area (Å²) in [4.78, 5) is 0. The van der Waals surface area contributed by atoms with Gasteiger partial charge in [0.2, 0.25) is 6.79 Å². The number of nitrogens with two attached hydrogens (primary N) is 1. The van der Waals surface area contributed by atoms with Crippen molar-refractivity contribution in [3.8, 4) is 11.5 Å². The summed E-state index contributed by atoms with van der Waals surface area (Å²) in [5.41, 5.74) is 10.8. The molecule has 4 rings (SSSR count). The largest absolute Gasteiger partial charge is 0.454 e. The highest BCUT2D eigenvalue weighted by Gasteiger charge is 2.25. The molecule has 2 heterocycles. The number of para-hydroxylation sites is 1. The van der Waals surface area contributed by atoms with Crippen LogP contribution in [0.4, 0.5) is 5.69 Å². The molecule has 0 aromatic heterocycles. The number of rotatable bonds is 2. The van der Waals surface area contributed by atoms with Crippen LogP contribution in [-0.4, -0.2) is 13.3 Å². The average molecular weight is 282 g/mol. The zero-order valence-electron chi connectivity index (χ0n) is 11.8. The fraction of sp³-hybridized carbons (Fsp3) is 0.294. The lowest BCUT2D eigenvalue weighted by Crippen LogP contribution is -2.31. The Morgan fingerprint density at radius 3 is 2.81 bits per heavy atom. The van der Waals surface area contributed by atoms with E-state index in [0.717, 1.165) is 36.6 Å². The fourth-order valence-electron chi connectivity index (χ4n) is 3.15. The zero-order chi connectivity index (χ0) is 14.2. The van der Waals surface area contributed by atoms with E-state index in [4.69, 9.17) is 15.2 Å². The van der Waals surface area contributed by atoms with Gasteiger partial charge in [-0.2, -0.15) is 0 Å². The number of ether oxygens (including phenoxy) is 2. The van der Waals surface area contributed by atoms with Crippen LogP contribution < -0.4 is 20.5 Å². The maximum absolute atomic E-state index is 6.08. The van der Waals surface area contributed by atoms with Crippen molar-refractivity contribution in [2.45, 2.75) is 18.9 Å². The molecule has 0 radical (unpaired) electrons. The Labute approximate surface area is 123 Å². The highest BCUT2D eigenvalue weighted by Crippen LogP contribution is 2.39. The lowest BCUT2D eigenvalue weighted by atomic mass is 9.89. The number of nitrogen functional groups attached to an aromatic ring is 1. The maximum atomic E-state index is 6.08. The molecule has 108 valence electrons. The van der Waals surface area contributed by atoms with Crippen LogP contribution >= 0.6 is 0 Å². The topological polar surface area (TPSA) is 56.5 Å². The van der Waals surface area contributed by atoms with Gasteiger partial charge in [-0.3, -0.25) is 0 Å². The van der Waals surface area contributed by atoms with E-state index in [1.54, 1.807) is 0 Å². The van der Waals surface area contributed by atoms with Crippen LogP contribution in [0.25, 0.3) is 0 Å². The first-order valence-corrected chi connectivity index (χ1v) is 7.30. The highest BCUT2D eigenvalue weighted by molar-refractivity contribution is 5.52. The van der Waals surface area contributed by atoms with E-state index in [0.29, 0.717) is 6.79 Å². The fourth-order valence-corrected chi connectivity index (χ4v) is 3.15. The quantitative estimate of drug-likeness (QED) is 0.831. The Morgan fingerprint density at radius 2 is 1.95 bits per heavy atom. The van der Waals surface area contributed by atoms with E-state index in [2.05, 4.69) is 23.5 Å². The Kier molecular flexibility index (Phi) is 2.97. The minimum absolute atomic E-state index is 0.271. The molecule has 2 aromatic rings. The summed E-state index contributed by atoms with van der Waals surface area (Å²) in [6.07, 6.45) is 1.91. The molecule has 0 saturated heterocycles. The van der Waals surface area contributed by atoms with Crippen LogP contribution in [0.5, 0.6) is 11.5 Å². The lowest BCUT2D eigenvalue weighted by Gasteiger charge is -2.27. The second-order valence-electron chi connectivity index (χ2n) is 5.56. The van der Waals surface area contributed by atoms with Crippen molar-refractivity contribution in [3.05, 3.63) is 53.1 Å². The van der Waals surface area contributed by atoms with Crippen LogP contribution in [0.15, 0.2) is 36.4 Å². The van der Waals surface area contributed by atoms with E-state index in [1.165, 1.54) is 16.7 Å². The number of fused-ring (bicyclic) bond motifs is 2. The van der Waals surface area contributed by atoms with Gasteiger partial charge in [-0.05, 0) is 54.3 Å². The van der Waals surface area contributed by atoms with Gasteiger partial charge in [-0.1, -0.05) is 18.2 Å². The number of hydrogen-bond acceptors (Lipinski definition) is 4. The normalized spacial score (nSPS) is 19.3. The summed E-state index contributed by atoms with van der Waals surface area (Å²) >= 11 is 0. The molecule has 21 heavy (non-hydrogen) atoms. The van der Waals surface area contributed by atoms with Crippen LogP contribution in [0, 0.1) is 0 Å². The Morgan fingerprint density at radius 1 is 1.14 bits per heavy atom. The molecule has 2 aliphatic rings. The molecule has 0 saturated carbocycles. The molecule has 1 unspecified atom stereocenters. The number of benzene rings is 2. The van der Waals surface area contributed by atoms with E-state index in [-0.39, 0.29) is 6.04 Å². The van der Waals surface area contributed by atoms with Crippen molar-refractivity contribution < 1.29 is 9.47 Å². The summed E-state index contributed by atoms with van der Waals surface area (Å²) < 4.78 is 11.0. The Bertz CT molecular complexity index is 684. The van der Waals surface area contributed by atoms with Crippen molar-refractivity contribution in [2.24, 2.45) is 0 Å². The Hall–Kier alpha value is -2.20. The molecule has 0 aliphatic carbocycles. The van der Waals surface area contributed by atoms with Crippen LogP contribution in [-0.2, 0) is 12.8 Å². The standard InChI is InChI=1S/C17H18N2O2/c18-14-4-2-1-3-12(14)7-15-13-9-17-16(20-10-21-17)8-11(13)5-6-19-15/h1-4,8-9,15,19H,5-7,10,18H2. The van der Waals surface area contributed by atoms with Gasteiger partial charge in [-0.15, -0.1) is 0 Å². The van der Waals surface area contributed by atoms with Gasteiger partial charge in [-0.25, -0.2) is 0 Å². The highest BCUT2D eigenvalue weighted by atomic mass is 16.7. The molecule has 0 bridgehead atoms. The van der Waals surface area contributed by atoms with E-state index in [1.807, 2.05) is 18.2 Å². The lowest BCUT2D eigenvalue weighted by molar-refractivity contribution is 0.174. The smallest absolute Gasteiger partial charge is 0.231 e. The number of hydrogen-bond donors (Lipinski definition) is 2. The van der Waals surface area contributed by atoms with Gasteiger partial charge in [0.1, 0.15) is 0 Å². The summed E-state index contributed by atoms with van der Waals surface area (Å²) in [5, 5.41) is 3.59. The molecule has 0 spiro atoms. The predicted octanol–water partition coefficient (Wildman–Crippen LogP) is 2.43. The molecule has 4 heteroatoms. The molecule has 0 fully saturated rings. The van der Waals surface area contributed by atoms with Gasteiger partial charge in [0.25, 0.3) is 0 Å². The van der Waals surface area contributed by atoms with Crippen LogP contribution in [0.1, 0.15) is 22.7 Å². The third-order valence-electron chi connectivity index (χ3n) is 4.27. The summed E-state index contributed by atoms with van der Waals surface area (Å²) in [6.45, 7) is 1.30. The monoisotopic (exact) mass is 282 g/mol. The molecule has 3 N–H and O–H groups in total. The molecule has 1 atom stereocenters. The van der Waals surface area contributed by atoms with Crippen LogP contribution in [0.3, 0.4) is 0 Å². The molecule has 0 amide bonds. The van der Waals surface area contributed by atoms with Crippen molar-refractivity contribution in [2.75, 3.05) is 19.1 Å². The molecular weight excluding hydrogens is 264 g/mol. The van der Waals surface area contributed by atoms with Crippen molar-refractivity contribution in [1.82, 2.24) is 5.32 Å². The van der Waals surface area contributed by atoms with Crippen molar-refractivity contribution in [1.29, 1.82) is 0 Å². The summed E-state index contributed by atoms with van der Waals surface area (Å²) in [6, 6.07) is 12.6. The molecule has 4 nitrogen and oxygen atoms in total. The third-order valence-corrected chi connectivity index (χ3v) is 4.27. The van der Waals surface area contributed by atoms with E-state index >= 15 is 0 Å². The predicted molar refractivity (Wildman–Crippen MR) is 81.6 cm³/mol. The first-order valence-electron chi connectivity index (χ1n) is 7.30. The molecule has 2 aromatic carbocycles. The maximum Gasteiger partial charge on any atom is 0.231 e. The second-order valence-corrected chi connectivity index (χ2v) is 5.56. The van der Waals surface area contributed by atoms with Crippen molar-refractivity contribution in [3.63, 3.8) is 0 Å². The first-order chi connectivity index (χ1) is 10.3. The van der Waals surface area contributed by atoms with E-state index < -0.39 is 0 Å².